The summed E-state index contributed by atoms with van der Waals surface area (Å²) >= 11 is 0. The normalized spacial score (nSPS) is 24.2. The van der Waals surface area contributed by atoms with E-state index < -0.39 is 0 Å². The summed E-state index contributed by atoms with van der Waals surface area (Å²) in [5.74, 6) is 1.25. The molecule has 2 rings (SSSR count). The fourth-order valence-corrected chi connectivity index (χ4v) is 1.79. The average Bonchev–Trinajstić information content (AvgIpc) is 2.59. The standard InChI is InChI=1S/C10H16N2/c1-2-6-9(5-1)12-10-7-3-4-8-11-10/h1-2,9H,3-8H2,(H,11,12). The first-order chi connectivity index (χ1) is 5.95. The summed E-state index contributed by atoms with van der Waals surface area (Å²) in [6.45, 7) is 1.03. The Morgan fingerprint density at radius 1 is 1.25 bits per heavy atom. The van der Waals surface area contributed by atoms with Crippen LogP contribution < -0.4 is 5.32 Å². The molecule has 0 saturated carbocycles. The van der Waals surface area contributed by atoms with Crippen LogP contribution in [0.4, 0.5) is 0 Å². The Bertz CT molecular complexity index is 198. The molecule has 2 nitrogen and oxygen atoms in total. The quantitative estimate of drug-likeness (QED) is 0.588. The van der Waals surface area contributed by atoms with E-state index in [-0.39, 0.29) is 0 Å². The van der Waals surface area contributed by atoms with Crippen molar-refractivity contribution in [3.05, 3.63) is 12.2 Å². The zero-order valence-electron chi connectivity index (χ0n) is 7.42. The zero-order valence-corrected chi connectivity index (χ0v) is 7.42. The summed E-state index contributed by atoms with van der Waals surface area (Å²) in [6.07, 6.45) is 10.6. The molecule has 0 spiro atoms. The summed E-state index contributed by atoms with van der Waals surface area (Å²) in [7, 11) is 0. The van der Waals surface area contributed by atoms with E-state index in [2.05, 4.69) is 22.5 Å². The van der Waals surface area contributed by atoms with Gasteiger partial charge in [0.05, 0.1) is 5.84 Å². The summed E-state index contributed by atoms with van der Waals surface area (Å²) in [5, 5.41) is 3.51. The Labute approximate surface area is 73.8 Å². The van der Waals surface area contributed by atoms with Crippen molar-refractivity contribution in [2.75, 3.05) is 6.54 Å². The Morgan fingerprint density at radius 3 is 2.75 bits per heavy atom. The van der Waals surface area contributed by atoms with Crippen LogP contribution in [0.1, 0.15) is 32.1 Å². The molecule has 2 aliphatic rings. The Kier molecular flexibility index (Phi) is 2.45. The third-order valence-corrected chi connectivity index (χ3v) is 2.50. The van der Waals surface area contributed by atoms with Crippen molar-refractivity contribution in [2.24, 2.45) is 4.99 Å². The smallest absolute Gasteiger partial charge is 0.0965 e. The predicted molar refractivity (Wildman–Crippen MR) is 51.5 cm³/mol. The van der Waals surface area contributed by atoms with Gasteiger partial charge in [-0.25, -0.2) is 0 Å². The zero-order chi connectivity index (χ0) is 8.23. The molecule has 0 unspecified atom stereocenters. The maximum absolute atomic E-state index is 4.47. The van der Waals surface area contributed by atoms with Crippen LogP contribution in [0.15, 0.2) is 17.1 Å². The fraction of sp³-hybridized carbons (Fsp3) is 0.700. The van der Waals surface area contributed by atoms with E-state index in [1.54, 1.807) is 0 Å². The molecule has 1 heterocycles. The van der Waals surface area contributed by atoms with Crippen molar-refractivity contribution in [1.29, 1.82) is 0 Å². The Morgan fingerprint density at radius 2 is 2.08 bits per heavy atom. The fourth-order valence-electron chi connectivity index (χ4n) is 1.79. The highest BCUT2D eigenvalue weighted by Crippen LogP contribution is 2.11. The van der Waals surface area contributed by atoms with E-state index in [0.29, 0.717) is 6.04 Å². The monoisotopic (exact) mass is 164 g/mol. The minimum Gasteiger partial charge on any atom is -0.370 e. The number of rotatable bonds is 1. The minimum atomic E-state index is 0.641. The second-order valence-corrected chi connectivity index (χ2v) is 3.57. The highest BCUT2D eigenvalue weighted by molar-refractivity contribution is 5.83. The van der Waals surface area contributed by atoms with Crippen molar-refractivity contribution in [1.82, 2.24) is 5.32 Å². The first-order valence-electron chi connectivity index (χ1n) is 4.90. The molecule has 0 bridgehead atoms. The van der Waals surface area contributed by atoms with Crippen LogP contribution >= 0.6 is 0 Å². The van der Waals surface area contributed by atoms with Gasteiger partial charge in [-0.15, -0.1) is 0 Å². The third-order valence-electron chi connectivity index (χ3n) is 2.50. The summed E-state index contributed by atoms with van der Waals surface area (Å²) in [6, 6.07) is 0.641. The number of hydrogen-bond acceptors (Lipinski definition) is 2. The van der Waals surface area contributed by atoms with Crippen LogP contribution in [-0.2, 0) is 0 Å². The second-order valence-electron chi connectivity index (χ2n) is 3.57. The van der Waals surface area contributed by atoms with Crippen LogP contribution in [0.5, 0.6) is 0 Å². The van der Waals surface area contributed by atoms with Crippen LogP contribution in [0.2, 0.25) is 0 Å². The molecule has 0 atom stereocenters. The Balaban J connectivity index is 1.81. The highest BCUT2D eigenvalue weighted by atomic mass is 15.0. The van der Waals surface area contributed by atoms with E-state index in [4.69, 9.17) is 0 Å². The predicted octanol–water partition coefficient (Wildman–Crippen LogP) is 1.88. The number of aliphatic imine (C=N–C) groups is 1. The molecule has 0 amide bonds. The summed E-state index contributed by atoms with van der Waals surface area (Å²) in [5.41, 5.74) is 0. The summed E-state index contributed by atoms with van der Waals surface area (Å²) in [4.78, 5) is 4.47. The molecule has 0 aromatic carbocycles. The SMILES string of the molecule is C1=CCC(NC2=NCCCC2)C1. The highest BCUT2D eigenvalue weighted by Gasteiger charge is 2.12. The first-order valence-corrected chi connectivity index (χ1v) is 4.90. The third kappa shape index (κ3) is 1.87. The van der Waals surface area contributed by atoms with Gasteiger partial charge >= 0.3 is 0 Å². The van der Waals surface area contributed by atoms with E-state index in [1.807, 2.05) is 0 Å². The molecule has 0 aromatic heterocycles. The van der Waals surface area contributed by atoms with Crippen molar-refractivity contribution in [2.45, 2.75) is 38.1 Å². The molecule has 0 saturated heterocycles. The number of hydrogen-bond donors (Lipinski definition) is 1. The maximum atomic E-state index is 4.47. The van der Waals surface area contributed by atoms with Gasteiger partial charge in [0.2, 0.25) is 0 Å². The van der Waals surface area contributed by atoms with Gasteiger partial charge in [-0.2, -0.15) is 0 Å². The van der Waals surface area contributed by atoms with Crippen LogP contribution in [0, 0.1) is 0 Å². The molecule has 0 aromatic rings. The van der Waals surface area contributed by atoms with E-state index in [1.165, 1.54) is 31.5 Å². The van der Waals surface area contributed by atoms with Gasteiger partial charge in [0.15, 0.2) is 0 Å². The minimum absolute atomic E-state index is 0.641. The van der Waals surface area contributed by atoms with Gasteiger partial charge in [-0.05, 0) is 25.7 Å². The largest absolute Gasteiger partial charge is 0.370 e. The van der Waals surface area contributed by atoms with Gasteiger partial charge in [0.1, 0.15) is 0 Å². The van der Waals surface area contributed by atoms with Gasteiger partial charge < -0.3 is 5.32 Å². The topological polar surface area (TPSA) is 24.4 Å². The molecule has 66 valence electrons. The average molecular weight is 164 g/mol. The molecule has 2 heteroatoms. The van der Waals surface area contributed by atoms with Gasteiger partial charge in [-0.1, -0.05) is 12.2 Å². The molecular formula is C10H16N2. The number of nitrogens with one attached hydrogen (secondary N) is 1. The second kappa shape index (κ2) is 3.74. The lowest BCUT2D eigenvalue weighted by Gasteiger charge is -2.18. The lowest BCUT2D eigenvalue weighted by Crippen LogP contribution is -2.34. The van der Waals surface area contributed by atoms with Crippen molar-refractivity contribution >= 4 is 5.84 Å². The number of nitrogens with zero attached hydrogens (tertiary/aromatic N) is 1. The van der Waals surface area contributed by atoms with Crippen LogP contribution in [-0.4, -0.2) is 18.4 Å². The van der Waals surface area contributed by atoms with Gasteiger partial charge in [0, 0.05) is 19.0 Å². The van der Waals surface area contributed by atoms with E-state index >= 15 is 0 Å². The van der Waals surface area contributed by atoms with Gasteiger partial charge in [0.25, 0.3) is 0 Å². The van der Waals surface area contributed by atoms with E-state index in [9.17, 15) is 0 Å². The molecular weight excluding hydrogens is 148 g/mol. The maximum Gasteiger partial charge on any atom is 0.0965 e. The van der Waals surface area contributed by atoms with Crippen molar-refractivity contribution in [3.8, 4) is 0 Å². The molecule has 0 fully saturated rings. The molecule has 0 radical (unpaired) electrons. The van der Waals surface area contributed by atoms with Crippen molar-refractivity contribution < 1.29 is 0 Å². The van der Waals surface area contributed by atoms with E-state index in [0.717, 1.165) is 13.0 Å². The molecule has 1 aliphatic heterocycles. The lowest BCUT2D eigenvalue weighted by atomic mass is 10.1. The molecule has 1 N–H and O–H groups in total. The van der Waals surface area contributed by atoms with Crippen LogP contribution in [0.3, 0.4) is 0 Å². The molecule has 12 heavy (non-hydrogen) atoms. The van der Waals surface area contributed by atoms with Gasteiger partial charge in [-0.3, -0.25) is 4.99 Å². The first kappa shape index (κ1) is 7.84. The Hall–Kier alpha value is -0.790. The lowest BCUT2D eigenvalue weighted by molar-refractivity contribution is 0.620. The number of amidine groups is 1. The molecule has 1 aliphatic carbocycles. The van der Waals surface area contributed by atoms with Crippen molar-refractivity contribution in [3.63, 3.8) is 0 Å². The summed E-state index contributed by atoms with van der Waals surface area (Å²) < 4.78 is 0. The van der Waals surface area contributed by atoms with Crippen LogP contribution in [0.25, 0.3) is 0 Å².